The number of piperidine rings is 1. The van der Waals surface area contributed by atoms with Gasteiger partial charge >= 0.3 is 0 Å². The predicted octanol–water partition coefficient (Wildman–Crippen LogP) is 2.74. The van der Waals surface area contributed by atoms with E-state index in [0.717, 1.165) is 18.5 Å². The van der Waals surface area contributed by atoms with Crippen molar-refractivity contribution in [2.45, 2.75) is 38.5 Å². The lowest BCUT2D eigenvalue weighted by atomic mass is 10.0. The number of aromatic nitrogens is 2. The van der Waals surface area contributed by atoms with Crippen molar-refractivity contribution in [2.24, 2.45) is 0 Å². The van der Waals surface area contributed by atoms with Crippen molar-refractivity contribution in [3.05, 3.63) is 47.4 Å². The zero-order valence-electron chi connectivity index (χ0n) is 11.7. The minimum Gasteiger partial charge on any atom is -0.367 e. The second-order valence-electron chi connectivity index (χ2n) is 5.17. The van der Waals surface area contributed by atoms with Gasteiger partial charge in [-0.05, 0) is 37.1 Å². The third-order valence-electron chi connectivity index (χ3n) is 3.51. The number of nitrogens with one attached hydrogen (secondary N) is 1. The zero-order valence-corrected chi connectivity index (χ0v) is 11.7. The fourth-order valence-corrected chi connectivity index (χ4v) is 2.38. The minimum absolute atomic E-state index is 0.188. The lowest BCUT2D eigenvalue weighted by Crippen LogP contribution is -2.27. The van der Waals surface area contributed by atoms with Gasteiger partial charge in [-0.3, -0.25) is 0 Å². The van der Waals surface area contributed by atoms with Crippen molar-refractivity contribution in [1.82, 2.24) is 15.5 Å². The molecule has 1 aromatic carbocycles. The van der Waals surface area contributed by atoms with Crippen LogP contribution < -0.4 is 5.32 Å². The molecule has 1 fully saturated rings. The van der Waals surface area contributed by atoms with Crippen molar-refractivity contribution < 1.29 is 13.7 Å². The molecule has 1 aromatic heterocycles. The van der Waals surface area contributed by atoms with Crippen molar-refractivity contribution >= 4 is 0 Å². The number of rotatable bonds is 5. The summed E-state index contributed by atoms with van der Waals surface area (Å²) in [4.78, 5) is 4.35. The molecule has 1 saturated heterocycles. The maximum atomic E-state index is 12.8. The largest absolute Gasteiger partial charge is 0.367 e. The summed E-state index contributed by atoms with van der Waals surface area (Å²) in [6, 6.07) is 6.41. The van der Waals surface area contributed by atoms with Crippen molar-refractivity contribution in [3.63, 3.8) is 0 Å². The average Bonchev–Trinajstić information content (AvgIpc) is 2.99. The zero-order chi connectivity index (χ0) is 14.5. The fraction of sp³-hybridized carbons (Fsp3) is 0.467. The second kappa shape index (κ2) is 6.78. The molecule has 2 aromatic rings. The van der Waals surface area contributed by atoms with Gasteiger partial charge in [-0.1, -0.05) is 23.7 Å². The lowest BCUT2D eigenvalue weighted by Gasteiger charge is -2.19. The smallest absolute Gasteiger partial charge is 0.252 e. The highest BCUT2D eigenvalue weighted by molar-refractivity contribution is 5.14. The normalized spacial score (nSPS) is 18.8. The van der Waals surface area contributed by atoms with E-state index in [9.17, 15) is 4.39 Å². The van der Waals surface area contributed by atoms with Gasteiger partial charge in [0.15, 0.2) is 5.82 Å². The molecule has 6 heteroatoms. The fourth-order valence-electron chi connectivity index (χ4n) is 2.38. The number of benzene rings is 1. The molecule has 1 aliphatic heterocycles. The predicted molar refractivity (Wildman–Crippen MR) is 73.8 cm³/mol. The first-order valence-corrected chi connectivity index (χ1v) is 7.19. The summed E-state index contributed by atoms with van der Waals surface area (Å²) >= 11 is 0. The highest BCUT2D eigenvalue weighted by Crippen LogP contribution is 2.20. The van der Waals surface area contributed by atoms with Gasteiger partial charge in [0.1, 0.15) is 12.4 Å². The Labute approximate surface area is 122 Å². The van der Waals surface area contributed by atoms with Gasteiger partial charge in [-0.15, -0.1) is 0 Å². The maximum Gasteiger partial charge on any atom is 0.252 e. The van der Waals surface area contributed by atoms with E-state index < -0.39 is 0 Å². The van der Waals surface area contributed by atoms with Crippen LogP contribution in [0.2, 0.25) is 0 Å². The third-order valence-corrected chi connectivity index (χ3v) is 3.51. The molecule has 1 N–H and O–H groups in total. The molecule has 0 unspecified atom stereocenters. The van der Waals surface area contributed by atoms with Gasteiger partial charge in [-0.2, -0.15) is 4.98 Å². The van der Waals surface area contributed by atoms with Gasteiger partial charge < -0.3 is 14.6 Å². The number of nitrogens with zero attached hydrogens (tertiary/aromatic N) is 2. The first kappa shape index (κ1) is 14.2. The van der Waals surface area contributed by atoms with Crippen LogP contribution in [0.1, 0.15) is 42.6 Å². The molecule has 0 bridgehead atoms. The highest BCUT2D eigenvalue weighted by Gasteiger charge is 2.20. The molecule has 0 amide bonds. The SMILES string of the molecule is Fc1ccc(COCc2nc([C@@H]3CCCCN3)no2)cc1. The average molecular weight is 291 g/mol. The molecule has 21 heavy (non-hydrogen) atoms. The Morgan fingerprint density at radius 1 is 1.24 bits per heavy atom. The van der Waals surface area contributed by atoms with E-state index in [0.29, 0.717) is 18.3 Å². The lowest BCUT2D eigenvalue weighted by molar-refractivity contribution is 0.0850. The number of ether oxygens (including phenoxy) is 1. The van der Waals surface area contributed by atoms with E-state index in [4.69, 9.17) is 9.26 Å². The van der Waals surface area contributed by atoms with Gasteiger partial charge in [0, 0.05) is 0 Å². The van der Waals surface area contributed by atoms with E-state index in [-0.39, 0.29) is 18.5 Å². The standard InChI is InChI=1S/C15H18FN3O2/c16-12-6-4-11(5-7-12)9-20-10-14-18-15(19-21-14)13-3-1-2-8-17-13/h4-7,13,17H,1-3,8-10H2/t13-/m0/s1. The topological polar surface area (TPSA) is 60.2 Å². The third kappa shape index (κ3) is 3.86. The van der Waals surface area contributed by atoms with Crippen molar-refractivity contribution in [3.8, 4) is 0 Å². The molecule has 0 spiro atoms. The van der Waals surface area contributed by atoms with Crippen LogP contribution in [-0.4, -0.2) is 16.7 Å². The molecule has 2 heterocycles. The van der Waals surface area contributed by atoms with Crippen LogP contribution in [0.15, 0.2) is 28.8 Å². The molecular formula is C15H18FN3O2. The summed E-state index contributed by atoms with van der Waals surface area (Å²) in [6.07, 6.45) is 3.42. The van der Waals surface area contributed by atoms with Crippen LogP contribution in [0.25, 0.3) is 0 Å². The van der Waals surface area contributed by atoms with Gasteiger partial charge in [0.05, 0.1) is 12.6 Å². The summed E-state index contributed by atoms with van der Waals surface area (Å²) in [7, 11) is 0. The monoisotopic (exact) mass is 291 g/mol. The Kier molecular flexibility index (Phi) is 4.57. The Hall–Kier alpha value is -1.79. The molecule has 1 atom stereocenters. The van der Waals surface area contributed by atoms with E-state index in [1.54, 1.807) is 12.1 Å². The Balaban J connectivity index is 1.49. The van der Waals surface area contributed by atoms with E-state index in [1.807, 2.05) is 0 Å². The molecule has 3 rings (SSSR count). The first-order chi connectivity index (χ1) is 10.3. The first-order valence-electron chi connectivity index (χ1n) is 7.19. The quantitative estimate of drug-likeness (QED) is 0.918. The summed E-state index contributed by atoms with van der Waals surface area (Å²) in [6.45, 7) is 1.65. The molecule has 0 radical (unpaired) electrons. The van der Waals surface area contributed by atoms with Crippen LogP contribution in [-0.2, 0) is 18.0 Å². The maximum absolute atomic E-state index is 12.8. The van der Waals surface area contributed by atoms with Gasteiger partial charge in [0.25, 0.3) is 5.89 Å². The van der Waals surface area contributed by atoms with Crippen LogP contribution in [0.4, 0.5) is 4.39 Å². The van der Waals surface area contributed by atoms with Gasteiger partial charge in [0.2, 0.25) is 0 Å². The van der Waals surface area contributed by atoms with Crippen LogP contribution in [0.3, 0.4) is 0 Å². The number of halogens is 1. The molecular weight excluding hydrogens is 273 g/mol. The molecule has 112 valence electrons. The summed E-state index contributed by atoms with van der Waals surface area (Å²) < 4.78 is 23.5. The Morgan fingerprint density at radius 2 is 2.10 bits per heavy atom. The molecule has 0 aliphatic carbocycles. The van der Waals surface area contributed by atoms with Crippen LogP contribution in [0.5, 0.6) is 0 Å². The summed E-state index contributed by atoms with van der Waals surface area (Å²) in [5.74, 6) is 0.926. The summed E-state index contributed by atoms with van der Waals surface area (Å²) in [5, 5.41) is 7.37. The highest BCUT2D eigenvalue weighted by atomic mass is 19.1. The second-order valence-corrected chi connectivity index (χ2v) is 5.17. The van der Waals surface area contributed by atoms with Gasteiger partial charge in [-0.25, -0.2) is 4.39 Å². The molecule has 0 saturated carbocycles. The molecule has 5 nitrogen and oxygen atoms in total. The van der Waals surface area contributed by atoms with Crippen LogP contribution in [0, 0.1) is 5.82 Å². The van der Waals surface area contributed by atoms with Crippen molar-refractivity contribution in [2.75, 3.05) is 6.54 Å². The van der Waals surface area contributed by atoms with E-state index in [1.165, 1.54) is 25.0 Å². The van der Waals surface area contributed by atoms with E-state index in [2.05, 4.69) is 15.5 Å². The summed E-state index contributed by atoms with van der Waals surface area (Å²) in [5.41, 5.74) is 0.907. The number of hydrogen-bond donors (Lipinski definition) is 1. The van der Waals surface area contributed by atoms with Crippen LogP contribution >= 0.6 is 0 Å². The Bertz CT molecular complexity index is 565. The minimum atomic E-state index is -0.250. The molecule has 1 aliphatic rings. The van der Waals surface area contributed by atoms with Crippen molar-refractivity contribution in [1.29, 1.82) is 0 Å². The van der Waals surface area contributed by atoms with E-state index >= 15 is 0 Å². The number of hydrogen-bond acceptors (Lipinski definition) is 5. The Morgan fingerprint density at radius 3 is 2.86 bits per heavy atom.